The monoisotopic (exact) mass is 276 g/mol. The fourth-order valence-electron chi connectivity index (χ4n) is 2.76. The van der Waals surface area contributed by atoms with E-state index in [1.165, 1.54) is 4.90 Å². The molecule has 1 aromatic rings. The van der Waals surface area contributed by atoms with E-state index in [1.54, 1.807) is 24.3 Å². The first kappa shape index (κ1) is 14.4. The van der Waals surface area contributed by atoms with E-state index in [2.05, 4.69) is 0 Å². The molecule has 1 aliphatic rings. The summed E-state index contributed by atoms with van der Waals surface area (Å²) in [4.78, 5) is 25.2. The minimum Gasteiger partial charge on any atom is -0.480 e. The van der Waals surface area contributed by atoms with Gasteiger partial charge in [-0.2, -0.15) is 0 Å². The first-order valence-electron chi connectivity index (χ1n) is 6.85. The van der Waals surface area contributed by atoms with Crippen LogP contribution < -0.4 is 5.73 Å². The standard InChI is InChI=1S/C15H20N2O3/c1-10-3-2-8-17(14(10)15(19)20)13(18)9-11-4-6-12(16)7-5-11/h4-7,10,14H,2-3,8-9,16H2,1H3,(H,19,20). The number of aliphatic carboxylic acids is 1. The molecular weight excluding hydrogens is 256 g/mol. The maximum absolute atomic E-state index is 12.3. The number of amides is 1. The highest BCUT2D eigenvalue weighted by Gasteiger charge is 2.36. The number of anilines is 1. The Balaban J connectivity index is 2.10. The number of carboxylic acid groups (broad SMARTS) is 1. The van der Waals surface area contributed by atoms with E-state index in [-0.39, 0.29) is 18.2 Å². The van der Waals surface area contributed by atoms with E-state index in [1.807, 2.05) is 6.92 Å². The molecule has 5 nitrogen and oxygen atoms in total. The summed E-state index contributed by atoms with van der Waals surface area (Å²) in [7, 11) is 0. The van der Waals surface area contributed by atoms with Gasteiger partial charge in [-0.25, -0.2) is 4.79 Å². The van der Waals surface area contributed by atoms with E-state index in [9.17, 15) is 14.7 Å². The zero-order valence-electron chi connectivity index (χ0n) is 11.6. The summed E-state index contributed by atoms with van der Waals surface area (Å²) in [6, 6.07) is 6.39. The molecule has 1 saturated heterocycles. The smallest absolute Gasteiger partial charge is 0.326 e. The molecule has 0 spiro atoms. The van der Waals surface area contributed by atoms with Crippen LogP contribution in [0.25, 0.3) is 0 Å². The van der Waals surface area contributed by atoms with Gasteiger partial charge >= 0.3 is 5.97 Å². The quantitative estimate of drug-likeness (QED) is 0.820. The molecule has 1 heterocycles. The number of nitrogens with zero attached hydrogens (tertiary/aromatic N) is 1. The van der Waals surface area contributed by atoms with Gasteiger partial charge in [0.2, 0.25) is 5.91 Å². The summed E-state index contributed by atoms with van der Waals surface area (Å²) >= 11 is 0. The van der Waals surface area contributed by atoms with E-state index in [0.29, 0.717) is 12.2 Å². The summed E-state index contributed by atoms with van der Waals surface area (Å²) in [5, 5.41) is 9.32. The number of hydrogen-bond acceptors (Lipinski definition) is 3. The maximum Gasteiger partial charge on any atom is 0.326 e. The van der Waals surface area contributed by atoms with Crippen LogP contribution in [0, 0.1) is 5.92 Å². The van der Waals surface area contributed by atoms with Crippen molar-refractivity contribution < 1.29 is 14.7 Å². The van der Waals surface area contributed by atoms with Gasteiger partial charge < -0.3 is 15.7 Å². The Labute approximate surface area is 118 Å². The van der Waals surface area contributed by atoms with Crippen molar-refractivity contribution in [1.29, 1.82) is 0 Å². The number of carboxylic acids is 1. The van der Waals surface area contributed by atoms with Crippen LogP contribution in [-0.2, 0) is 16.0 Å². The molecule has 0 aromatic heterocycles. The van der Waals surface area contributed by atoms with Crippen molar-refractivity contribution in [3.05, 3.63) is 29.8 Å². The van der Waals surface area contributed by atoms with Crippen LogP contribution in [0.15, 0.2) is 24.3 Å². The molecule has 0 radical (unpaired) electrons. The summed E-state index contributed by atoms with van der Waals surface area (Å²) < 4.78 is 0. The fraction of sp³-hybridized carbons (Fsp3) is 0.467. The molecule has 0 bridgehead atoms. The zero-order chi connectivity index (χ0) is 14.7. The van der Waals surface area contributed by atoms with Gasteiger partial charge in [0.1, 0.15) is 6.04 Å². The van der Waals surface area contributed by atoms with Gasteiger partial charge in [-0.15, -0.1) is 0 Å². The summed E-state index contributed by atoms with van der Waals surface area (Å²) in [5.74, 6) is -1.05. The van der Waals surface area contributed by atoms with Crippen LogP contribution in [-0.4, -0.2) is 34.5 Å². The number of nitrogen functional groups attached to an aromatic ring is 1. The van der Waals surface area contributed by atoms with Crippen LogP contribution in [0.5, 0.6) is 0 Å². The third-order valence-electron chi connectivity index (χ3n) is 3.84. The Morgan fingerprint density at radius 3 is 2.60 bits per heavy atom. The van der Waals surface area contributed by atoms with E-state index < -0.39 is 12.0 Å². The van der Waals surface area contributed by atoms with Crippen molar-refractivity contribution in [1.82, 2.24) is 4.90 Å². The second-order valence-electron chi connectivity index (χ2n) is 5.41. The zero-order valence-corrected chi connectivity index (χ0v) is 11.6. The number of carbonyl (C=O) groups excluding carboxylic acids is 1. The Kier molecular flexibility index (Phi) is 4.27. The van der Waals surface area contributed by atoms with Crippen molar-refractivity contribution in [2.75, 3.05) is 12.3 Å². The largest absolute Gasteiger partial charge is 0.480 e. The van der Waals surface area contributed by atoms with Gasteiger partial charge in [-0.1, -0.05) is 19.1 Å². The van der Waals surface area contributed by atoms with Crippen molar-refractivity contribution >= 4 is 17.6 Å². The minimum atomic E-state index is -0.914. The topological polar surface area (TPSA) is 83.6 Å². The number of carbonyl (C=O) groups is 2. The second kappa shape index (κ2) is 5.94. The van der Waals surface area contributed by atoms with Crippen molar-refractivity contribution in [3.8, 4) is 0 Å². The number of piperidine rings is 1. The lowest BCUT2D eigenvalue weighted by Gasteiger charge is -2.37. The summed E-state index contributed by atoms with van der Waals surface area (Å²) in [6.45, 7) is 2.41. The van der Waals surface area contributed by atoms with Crippen LogP contribution in [0.1, 0.15) is 25.3 Å². The average Bonchev–Trinajstić information content (AvgIpc) is 2.40. The molecule has 108 valence electrons. The predicted octanol–water partition coefficient (Wildman–Crippen LogP) is 1.52. The molecular formula is C15H20N2O3. The van der Waals surface area contributed by atoms with Crippen LogP contribution in [0.3, 0.4) is 0 Å². The highest BCUT2D eigenvalue weighted by Crippen LogP contribution is 2.24. The molecule has 1 fully saturated rings. The number of benzene rings is 1. The highest BCUT2D eigenvalue weighted by molar-refractivity contribution is 5.85. The summed E-state index contributed by atoms with van der Waals surface area (Å²) in [6.07, 6.45) is 1.93. The molecule has 0 aliphatic carbocycles. The summed E-state index contributed by atoms with van der Waals surface area (Å²) in [5.41, 5.74) is 7.11. The van der Waals surface area contributed by atoms with Crippen LogP contribution in [0.4, 0.5) is 5.69 Å². The molecule has 1 amide bonds. The lowest BCUT2D eigenvalue weighted by molar-refractivity contribution is -0.154. The molecule has 5 heteroatoms. The number of rotatable bonds is 3. The minimum absolute atomic E-state index is 0.00313. The van der Waals surface area contributed by atoms with E-state index >= 15 is 0 Å². The first-order chi connectivity index (χ1) is 9.49. The molecule has 3 N–H and O–H groups in total. The van der Waals surface area contributed by atoms with Crippen LogP contribution in [0.2, 0.25) is 0 Å². The molecule has 2 rings (SSSR count). The van der Waals surface area contributed by atoms with Gasteiger partial charge in [0.05, 0.1) is 6.42 Å². The van der Waals surface area contributed by atoms with Crippen molar-refractivity contribution in [2.45, 2.75) is 32.2 Å². The Morgan fingerprint density at radius 1 is 1.35 bits per heavy atom. The molecule has 1 aliphatic heterocycles. The van der Waals surface area contributed by atoms with Gasteiger partial charge in [0.25, 0.3) is 0 Å². The average molecular weight is 276 g/mol. The first-order valence-corrected chi connectivity index (χ1v) is 6.85. The van der Waals surface area contributed by atoms with E-state index in [4.69, 9.17) is 5.73 Å². The molecule has 1 aromatic carbocycles. The Morgan fingerprint density at radius 2 is 2.00 bits per heavy atom. The normalized spacial score (nSPS) is 22.6. The third kappa shape index (κ3) is 3.10. The van der Waals surface area contributed by atoms with Gasteiger partial charge in [0.15, 0.2) is 0 Å². The molecule has 2 unspecified atom stereocenters. The molecule has 20 heavy (non-hydrogen) atoms. The maximum atomic E-state index is 12.3. The van der Waals surface area contributed by atoms with Gasteiger partial charge in [-0.3, -0.25) is 4.79 Å². The highest BCUT2D eigenvalue weighted by atomic mass is 16.4. The Hall–Kier alpha value is -2.04. The second-order valence-corrected chi connectivity index (χ2v) is 5.41. The molecule has 2 atom stereocenters. The SMILES string of the molecule is CC1CCCN(C(=O)Cc2ccc(N)cc2)C1C(=O)O. The number of hydrogen-bond donors (Lipinski definition) is 2. The van der Waals surface area contributed by atoms with Gasteiger partial charge in [-0.05, 0) is 36.5 Å². The lowest BCUT2D eigenvalue weighted by Crippen LogP contribution is -2.52. The lowest BCUT2D eigenvalue weighted by atomic mass is 9.90. The molecule has 0 saturated carbocycles. The Bertz CT molecular complexity index is 498. The predicted molar refractivity (Wildman–Crippen MR) is 76.1 cm³/mol. The van der Waals surface area contributed by atoms with Crippen molar-refractivity contribution in [2.24, 2.45) is 5.92 Å². The number of likely N-dealkylation sites (tertiary alicyclic amines) is 1. The van der Waals surface area contributed by atoms with Crippen LogP contribution >= 0.6 is 0 Å². The third-order valence-corrected chi connectivity index (χ3v) is 3.84. The number of nitrogens with two attached hydrogens (primary N) is 1. The fourth-order valence-corrected chi connectivity index (χ4v) is 2.76. The van der Waals surface area contributed by atoms with Crippen molar-refractivity contribution in [3.63, 3.8) is 0 Å². The van der Waals surface area contributed by atoms with E-state index in [0.717, 1.165) is 18.4 Å². The van der Waals surface area contributed by atoms with Gasteiger partial charge in [0, 0.05) is 12.2 Å².